The lowest BCUT2D eigenvalue weighted by molar-refractivity contribution is 0.615. The third-order valence-electron chi connectivity index (χ3n) is 2.28. The predicted molar refractivity (Wildman–Crippen MR) is 56.7 cm³/mol. The van der Waals surface area contributed by atoms with Gasteiger partial charge in [0.25, 0.3) is 0 Å². The minimum atomic E-state index is -0.297. The molecule has 1 rings (SSSR count). The first-order valence-electron chi connectivity index (χ1n) is 4.74. The number of halogens is 1. The van der Waals surface area contributed by atoms with Crippen molar-refractivity contribution in [1.82, 2.24) is 0 Å². The van der Waals surface area contributed by atoms with Gasteiger partial charge in [0.05, 0.1) is 11.6 Å². The van der Waals surface area contributed by atoms with Crippen LogP contribution in [-0.2, 0) is 0 Å². The molecule has 0 unspecified atom stereocenters. The molecule has 0 fully saturated rings. The van der Waals surface area contributed by atoms with Gasteiger partial charge in [0.2, 0.25) is 0 Å². The SMILES string of the molecule is CC.Cc1c(F)cc(C#N)c(C)c1C. The molecule has 1 aromatic carbocycles. The first kappa shape index (κ1) is 12.6. The summed E-state index contributed by atoms with van der Waals surface area (Å²) in [4.78, 5) is 0. The van der Waals surface area contributed by atoms with Crippen LogP contribution >= 0.6 is 0 Å². The van der Waals surface area contributed by atoms with Gasteiger partial charge >= 0.3 is 0 Å². The molecule has 0 aromatic heterocycles. The lowest BCUT2D eigenvalue weighted by atomic mass is 9.99. The van der Waals surface area contributed by atoms with E-state index in [1.54, 1.807) is 6.92 Å². The molecular formula is C12H16FN. The number of nitrogens with zero attached hydrogens (tertiary/aromatic N) is 1. The van der Waals surface area contributed by atoms with Crippen molar-refractivity contribution in [2.45, 2.75) is 34.6 Å². The third kappa shape index (κ3) is 2.32. The van der Waals surface area contributed by atoms with E-state index in [0.717, 1.165) is 11.1 Å². The van der Waals surface area contributed by atoms with Gasteiger partial charge in [-0.05, 0) is 43.5 Å². The highest BCUT2D eigenvalue weighted by Gasteiger charge is 2.07. The van der Waals surface area contributed by atoms with Gasteiger partial charge in [-0.1, -0.05) is 13.8 Å². The summed E-state index contributed by atoms with van der Waals surface area (Å²) in [5.41, 5.74) is 2.80. The molecule has 0 atom stereocenters. The summed E-state index contributed by atoms with van der Waals surface area (Å²) >= 11 is 0. The molecular weight excluding hydrogens is 177 g/mol. The summed E-state index contributed by atoms with van der Waals surface area (Å²) in [6, 6.07) is 3.25. The number of benzene rings is 1. The van der Waals surface area contributed by atoms with Crippen molar-refractivity contribution < 1.29 is 4.39 Å². The molecule has 0 aliphatic heterocycles. The molecule has 0 amide bonds. The Bertz CT molecular complexity index is 362. The van der Waals surface area contributed by atoms with Crippen LogP contribution in [0.25, 0.3) is 0 Å². The highest BCUT2D eigenvalue weighted by atomic mass is 19.1. The van der Waals surface area contributed by atoms with Gasteiger partial charge in [0.15, 0.2) is 0 Å². The molecule has 0 saturated carbocycles. The lowest BCUT2D eigenvalue weighted by Crippen LogP contribution is -1.94. The number of nitriles is 1. The van der Waals surface area contributed by atoms with E-state index in [1.165, 1.54) is 6.07 Å². The monoisotopic (exact) mass is 193 g/mol. The number of hydrogen-bond donors (Lipinski definition) is 0. The molecule has 76 valence electrons. The topological polar surface area (TPSA) is 23.8 Å². The maximum Gasteiger partial charge on any atom is 0.127 e. The zero-order chi connectivity index (χ0) is 11.3. The van der Waals surface area contributed by atoms with Crippen LogP contribution in [0.4, 0.5) is 4.39 Å². The van der Waals surface area contributed by atoms with Crippen LogP contribution in [-0.4, -0.2) is 0 Å². The lowest BCUT2D eigenvalue weighted by Gasteiger charge is -2.06. The molecule has 0 radical (unpaired) electrons. The van der Waals surface area contributed by atoms with Gasteiger partial charge in [0.1, 0.15) is 5.82 Å². The van der Waals surface area contributed by atoms with E-state index < -0.39 is 0 Å². The molecule has 2 heteroatoms. The summed E-state index contributed by atoms with van der Waals surface area (Å²) in [5.74, 6) is -0.297. The van der Waals surface area contributed by atoms with Crippen molar-refractivity contribution in [1.29, 1.82) is 5.26 Å². The normalized spacial score (nSPS) is 8.64. The quantitative estimate of drug-likeness (QED) is 0.617. The van der Waals surface area contributed by atoms with Gasteiger partial charge in [-0.25, -0.2) is 4.39 Å². The Balaban J connectivity index is 0.000000791. The van der Waals surface area contributed by atoms with Crippen molar-refractivity contribution >= 4 is 0 Å². The number of rotatable bonds is 0. The molecule has 0 aliphatic rings. The van der Waals surface area contributed by atoms with Crippen LogP contribution in [0, 0.1) is 37.9 Å². The van der Waals surface area contributed by atoms with Gasteiger partial charge < -0.3 is 0 Å². The highest BCUT2D eigenvalue weighted by Crippen LogP contribution is 2.19. The maximum absolute atomic E-state index is 13.1. The Hall–Kier alpha value is -1.36. The Labute approximate surface area is 85.2 Å². The molecule has 0 bridgehead atoms. The van der Waals surface area contributed by atoms with Crippen LogP contribution in [0.5, 0.6) is 0 Å². The minimum absolute atomic E-state index is 0.297. The van der Waals surface area contributed by atoms with Crippen molar-refractivity contribution in [2.24, 2.45) is 0 Å². The summed E-state index contributed by atoms with van der Waals surface area (Å²) in [6.07, 6.45) is 0. The summed E-state index contributed by atoms with van der Waals surface area (Å²) < 4.78 is 13.1. The van der Waals surface area contributed by atoms with Gasteiger partial charge in [-0.3, -0.25) is 0 Å². The standard InChI is InChI=1S/C10H10FN.C2H6/c1-6-7(2)9(5-12)4-10(11)8(6)3;1-2/h4H,1-3H3;1-2H3. The van der Waals surface area contributed by atoms with Crippen molar-refractivity contribution in [3.63, 3.8) is 0 Å². The molecule has 0 aliphatic carbocycles. The zero-order valence-electron chi connectivity index (χ0n) is 9.40. The van der Waals surface area contributed by atoms with E-state index in [2.05, 4.69) is 0 Å². The number of hydrogen-bond acceptors (Lipinski definition) is 1. The Morgan fingerprint density at radius 1 is 1.07 bits per heavy atom. The zero-order valence-corrected chi connectivity index (χ0v) is 9.40. The summed E-state index contributed by atoms with van der Waals surface area (Å²) in [7, 11) is 0. The van der Waals surface area contributed by atoms with E-state index in [1.807, 2.05) is 33.8 Å². The first-order valence-corrected chi connectivity index (χ1v) is 4.74. The van der Waals surface area contributed by atoms with E-state index in [-0.39, 0.29) is 5.82 Å². The van der Waals surface area contributed by atoms with Crippen LogP contribution in [0.2, 0.25) is 0 Å². The van der Waals surface area contributed by atoms with E-state index in [4.69, 9.17) is 5.26 Å². The fourth-order valence-electron chi connectivity index (χ4n) is 1.12. The van der Waals surface area contributed by atoms with Gasteiger partial charge in [0, 0.05) is 0 Å². The molecule has 1 aromatic rings. The molecule has 0 N–H and O–H groups in total. The van der Waals surface area contributed by atoms with Crippen LogP contribution < -0.4 is 0 Å². The second kappa shape index (κ2) is 5.39. The molecule has 0 heterocycles. The average Bonchev–Trinajstić information content (AvgIpc) is 2.23. The third-order valence-corrected chi connectivity index (χ3v) is 2.28. The Morgan fingerprint density at radius 3 is 2.00 bits per heavy atom. The van der Waals surface area contributed by atoms with Crippen LogP contribution in [0.1, 0.15) is 36.1 Å². The van der Waals surface area contributed by atoms with Crippen molar-refractivity contribution in [3.8, 4) is 6.07 Å². The average molecular weight is 193 g/mol. The highest BCUT2D eigenvalue weighted by molar-refractivity contribution is 5.45. The molecule has 14 heavy (non-hydrogen) atoms. The summed E-state index contributed by atoms with van der Waals surface area (Å²) in [5, 5.41) is 8.64. The van der Waals surface area contributed by atoms with E-state index in [0.29, 0.717) is 11.1 Å². The van der Waals surface area contributed by atoms with Gasteiger partial charge in [-0.15, -0.1) is 0 Å². The Kier molecular flexibility index (Phi) is 4.86. The van der Waals surface area contributed by atoms with E-state index >= 15 is 0 Å². The fraction of sp³-hybridized carbons (Fsp3) is 0.417. The fourth-order valence-corrected chi connectivity index (χ4v) is 1.12. The predicted octanol–water partition coefficient (Wildman–Crippen LogP) is 3.65. The minimum Gasteiger partial charge on any atom is -0.207 e. The van der Waals surface area contributed by atoms with Crippen molar-refractivity contribution in [3.05, 3.63) is 34.1 Å². The van der Waals surface area contributed by atoms with Crippen LogP contribution in [0.15, 0.2) is 6.07 Å². The van der Waals surface area contributed by atoms with Gasteiger partial charge in [-0.2, -0.15) is 5.26 Å². The molecule has 0 spiro atoms. The second-order valence-corrected chi connectivity index (χ2v) is 2.89. The van der Waals surface area contributed by atoms with E-state index in [9.17, 15) is 4.39 Å². The largest absolute Gasteiger partial charge is 0.207 e. The second-order valence-electron chi connectivity index (χ2n) is 2.89. The smallest absolute Gasteiger partial charge is 0.127 e. The molecule has 1 nitrogen and oxygen atoms in total. The van der Waals surface area contributed by atoms with Crippen molar-refractivity contribution in [2.75, 3.05) is 0 Å². The molecule has 0 saturated heterocycles. The summed E-state index contributed by atoms with van der Waals surface area (Å²) in [6.45, 7) is 9.38. The first-order chi connectivity index (χ1) is 6.57. The van der Waals surface area contributed by atoms with Crippen LogP contribution in [0.3, 0.4) is 0 Å². The maximum atomic E-state index is 13.1. The Morgan fingerprint density at radius 2 is 1.57 bits per heavy atom.